The maximum Gasteiger partial charge on any atom is 0.323 e. The molecule has 300 valence electrons. The fourth-order valence-electron chi connectivity index (χ4n) is 5.85. The summed E-state index contributed by atoms with van der Waals surface area (Å²) in [7, 11) is -1.00. The SMILES string of the molecule is Cc1ccc(N)cn1.Cc1ccc(NC(=O)Nc2c(F)ccc(CN3CCCCC3)c2F)cn1.[2H]CF.[N-]=[N+]=NC(=O)c1c(F)ccc(CN2CCCCC2)c1F. The Morgan fingerprint density at radius 3 is 1.79 bits per heavy atom. The van der Waals surface area contributed by atoms with Gasteiger partial charge in [0, 0.05) is 40.5 Å². The van der Waals surface area contributed by atoms with E-state index in [4.69, 9.17) is 12.6 Å². The van der Waals surface area contributed by atoms with Crippen LogP contribution in [0.15, 0.2) is 66.0 Å². The van der Waals surface area contributed by atoms with E-state index >= 15 is 0 Å². The lowest BCUT2D eigenvalue weighted by Gasteiger charge is -2.26. The van der Waals surface area contributed by atoms with E-state index in [-0.39, 0.29) is 5.56 Å². The highest BCUT2D eigenvalue weighted by molar-refractivity contribution is 6.00. The van der Waals surface area contributed by atoms with Crippen molar-refractivity contribution in [3.8, 4) is 0 Å². The number of halogens is 5. The lowest BCUT2D eigenvalue weighted by atomic mass is 10.1. The summed E-state index contributed by atoms with van der Waals surface area (Å²) < 4.78 is 72.0. The van der Waals surface area contributed by atoms with Crippen LogP contribution in [-0.4, -0.2) is 65.0 Å². The van der Waals surface area contributed by atoms with Crippen LogP contribution in [0.2, 0.25) is 0 Å². The Kier molecular flexibility index (Phi) is 17.9. The smallest absolute Gasteiger partial charge is 0.323 e. The van der Waals surface area contributed by atoms with Gasteiger partial charge in [0.25, 0.3) is 5.91 Å². The number of piperidine rings is 2. The van der Waals surface area contributed by atoms with Crippen molar-refractivity contribution in [3.05, 3.63) is 123 Å². The quantitative estimate of drug-likeness (QED) is 0.0727. The van der Waals surface area contributed by atoms with Crippen molar-refractivity contribution < 1.29 is 32.9 Å². The molecule has 0 atom stereocenters. The van der Waals surface area contributed by atoms with E-state index in [2.05, 4.69) is 40.4 Å². The number of benzene rings is 2. The second-order valence-electron chi connectivity index (χ2n) is 13.0. The number of hydrogen-bond donors (Lipinski definition) is 3. The highest BCUT2D eigenvalue weighted by atomic mass is 19.1. The number of amides is 3. The van der Waals surface area contributed by atoms with Gasteiger partial charge in [0.05, 0.1) is 37.9 Å². The van der Waals surface area contributed by atoms with Crippen molar-refractivity contribution in [2.75, 3.05) is 49.7 Å². The van der Waals surface area contributed by atoms with Gasteiger partial charge in [-0.05, 0) is 113 Å². The number of alkyl halides is 1. The number of azide groups is 1. The third-order valence-electron chi connectivity index (χ3n) is 8.72. The molecular formula is C39H47F5N10O2. The second-order valence-corrected chi connectivity index (χ2v) is 13.0. The predicted octanol–water partition coefficient (Wildman–Crippen LogP) is 9.26. The highest BCUT2D eigenvalue weighted by Gasteiger charge is 2.22. The Morgan fingerprint density at radius 2 is 1.30 bits per heavy atom. The predicted molar refractivity (Wildman–Crippen MR) is 206 cm³/mol. The molecule has 2 aromatic carbocycles. The Labute approximate surface area is 324 Å². The van der Waals surface area contributed by atoms with Crippen LogP contribution in [0.3, 0.4) is 0 Å². The number of rotatable bonds is 7. The molecule has 12 nitrogen and oxygen atoms in total. The number of hydrogen-bond acceptors (Lipinski definition) is 7. The summed E-state index contributed by atoms with van der Waals surface area (Å²) in [4.78, 5) is 38.0. The van der Waals surface area contributed by atoms with Crippen molar-refractivity contribution >= 4 is 29.0 Å². The fourth-order valence-corrected chi connectivity index (χ4v) is 5.85. The third kappa shape index (κ3) is 14.2. The minimum atomic E-state index is -1.23. The lowest BCUT2D eigenvalue weighted by Crippen LogP contribution is -2.29. The molecule has 0 saturated carbocycles. The molecule has 0 bridgehead atoms. The standard InChI is InChI=1S/C19H22F2N4O.C13H14F2N4O.C6H8N2.CH3F/c1-13-5-7-15(11-22-13)23-19(26)24-18-16(20)8-6-14(17(18)21)12-25-9-3-2-4-10-25;14-10-5-4-9(8-19-6-2-1-3-7-19)12(15)11(10)13(20)17-18-16;1-5-2-3-6(7)4-8-5;1-2/h5-8,11H,2-4,9-10,12H2,1H3,(H2,23,24,26);4-5H,1-3,6-8H2;2-4H,7H2,1H3;1H3/i;;;1D. The Morgan fingerprint density at radius 1 is 0.786 bits per heavy atom. The van der Waals surface area contributed by atoms with Crippen molar-refractivity contribution in [1.29, 1.82) is 0 Å². The van der Waals surface area contributed by atoms with Crippen LogP contribution in [0.1, 0.15) is 72.8 Å². The average molecular weight is 784 g/mol. The molecule has 4 aromatic rings. The Balaban J connectivity index is 0.000000246. The van der Waals surface area contributed by atoms with Gasteiger partial charge in [0.2, 0.25) is 0 Å². The van der Waals surface area contributed by atoms with Gasteiger partial charge in [0.15, 0.2) is 5.82 Å². The van der Waals surface area contributed by atoms with Crippen LogP contribution < -0.4 is 16.4 Å². The highest BCUT2D eigenvalue weighted by Crippen LogP contribution is 2.25. The molecule has 2 fully saturated rings. The molecule has 0 spiro atoms. The number of aromatic nitrogens is 2. The number of likely N-dealkylation sites (tertiary alicyclic amines) is 2. The molecule has 2 aliphatic rings. The van der Waals surface area contributed by atoms with Crippen LogP contribution >= 0.6 is 0 Å². The molecular weight excluding hydrogens is 735 g/mol. The molecule has 3 amide bonds. The number of carbonyl (C=O) groups is 2. The summed E-state index contributed by atoms with van der Waals surface area (Å²) in [6, 6.07) is 11.4. The van der Waals surface area contributed by atoms with Crippen molar-refractivity contribution in [2.45, 2.75) is 65.5 Å². The van der Waals surface area contributed by atoms with Gasteiger partial charge in [-0.25, -0.2) is 22.4 Å². The number of carbonyl (C=O) groups excluding carboxylic acids is 2. The molecule has 0 aliphatic carbocycles. The summed E-state index contributed by atoms with van der Waals surface area (Å²) in [5.74, 6) is -4.71. The zero-order valence-corrected chi connectivity index (χ0v) is 31.4. The minimum Gasteiger partial charge on any atom is -0.397 e. The molecule has 0 radical (unpaired) electrons. The van der Waals surface area contributed by atoms with Crippen LogP contribution in [0, 0.1) is 37.1 Å². The van der Waals surface area contributed by atoms with E-state index in [1.165, 1.54) is 30.8 Å². The summed E-state index contributed by atoms with van der Waals surface area (Å²) in [5, 5.41) is 7.54. The molecule has 4 N–H and O–H groups in total. The van der Waals surface area contributed by atoms with Gasteiger partial charge in [-0.15, -0.1) is 0 Å². The molecule has 0 unspecified atom stereocenters. The van der Waals surface area contributed by atoms with E-state index < -0.39 is 53.6 Å². The summed E-state index contributed by atoms with van der Waals surface area (Å²) >= 11 is 0. The number of nitrogens with two attached hydrogens (primary N) is 1. The third-order valence-corrected chi connectivity index (χ3v) is 8.72. The second kappa shape index (κ2) is 23.3. The van der Waals surface area contributed by atoms with Crippen LogP contribution in [0.25, 0.3) is 10.4 Å². The van der Waals surface area contributed by atoms with E-state index in [0.717, 1.165) is 81.4 Å². The first kappa shape index (κ1) is 43.1. The van der Waals surface area contributed by atoms with E-state index in [1.807, 2.05) is 26.0 Å². The molecule has 6 rings (SSSR count). The van der Waals surface area contributed by atoms with Gasteiger partial charge in [0.1, 0.15) is 23.1 Å². The van der Waals surface area contributed by atoms with Crippen molar-refractivity contribution in [1.82, 2.24) is 19.8 Å². The van der Waals surface area contributed by atoms with Crippen LogP contribution in [0.4, 0.5) is 43.8 Å². The van der Waals surface area contributed by atoms with Crippen molar-refractivity contribution in [2.24, 2.45) is 5.11 Å². The van der Waals surface area contributed by atoms with E-state index in [9.17, 15) is 31.5 Å². The Bertz CT molecular complexity index is 1920. The number of nitrogens with one attached hydrogen (secondary N) is 2. The lowest BCUT2D eigenvalue weighted by molar-refractivity contribution is 0.0991. The van der Waals surface area contributed by atoms with E-state index in [1.54, 1.807) is 18.3 Å². The number of anilines is 3. The summed E-state index contributed by atoms with van der Waals surface area (Å²) in [6.07, 6.45) is 9.73. The van der Waals surface area contributed by atoms with Crippen molar-refractivity contribution in [3.63, 3.8) is 0 Å². The zero-order chi connectivity index (χ0) is 41.7. The zero-order valence-electron chi connectivity index (χ0n) is 32.4. The number of nitrogen functional groups attached to an aromatic ring is 1. The molecule has 2 aromatic heterocycles. The van der Waals surface area contributed by atoms with Gasteiger partial charge < -0.3 is 16.4 Å². The maximum atomic E-state index is 14.7. The first-order chi connectivity index (χ1) is 27.4. The average Bonchev–Trinajstić information content (AvgIpc) is 3.19. The molecule has 2 aliphatic heterocycles. The molecule has 4 heterocycles. The maximum absolute atomic E-state index is 14.7. The number of urea groups is 1. The minimum absolute atomic E-state index is 0.241. The van der Waals surface area contributed by atoms with Crippen LogP contribution in [0.5, 0.6) is 0 Å². The van der Waals surface area contributed by atoms with Crippen LogP contribution in [-0.2, 0) is 13.1 Å². The Hall–Kier alpha value is -5.64. The fraction of sp³-hybridized carbons (Fsp3) is 0.385. The van der Waals surface area contributed by atoms with Gasteiger partial charge in [-0.1, -0.05) is 25.0 Å². The van der Waals surface area contributed by atoms with Gasteiger partial charge in [-0.3, -0.25) is 29.0 Å². The largest absolute Gasteiger partial charge is 0.397 e. The topological polar surface area (TPSA) is 165 Å². The summed E-state index contributed by atoms with van der Waals surface area (Å²) in [5.41, 5.74) is 15.9. The molecule has 2 saturated heterocycles. The summed E-state index contributed by atoms with van der Waals surface area (Å²) in [6.45, 7) is 8.00. The normalized spacial score (nSPS) is 14.2. The van der Waals surface area contributed by atoms with E-state index in [0.29, 0.717) is 24.3 Å². The molecule has 17 heteroatoms. The first-order valence-corrected chi connectivity index (χ1v) is 17.9. The number of nitrogens with zero attached hydrogens (tertiary/aromatic N) is 7. The monoisotopic (exact) mass is 783 g/mol. The van der Waals surface area contributed by atoms with Gasteiger partial charge in [-0.2, -0.15) is 0 Å². The first-order valence-electron chi connectivity index (χ1n) is 18.6. The van der Waals surface area contributed by atoms with Gasteiger partial charge >= 0.3 is 6.03 Å². The number of aryl methyl sites for hydroxylation is 2. The molecule has 56 heavy (non-hydrogen) atoms. The number of pyridine rings is 2.